The molecule has 2 aromatic rings. The number of unbranched alkanes of at least 4 members (excludes halogenated alkanes) is 1. The van der Waals surface area contributed by atoms with Crippen LogP contribution in [0.4, 0.5) is 0 Å². The van der Waals surface area contributed by atoms with Gasteiger partial charge in [0.15, 0.2) is 0 Å². The highest BCUT2D eigenvalue weighted by atomic mass is 15.3. The normalized spacial score (nSPS) is 10.8. The van der Waals surface area contributed by atoms with Crippen LogP contribution in [-0.4, -0.2) is 16.3 Å². The zero-order valence-corrected chi connectivity index (χ0v) is 11.2. The zero-order chi connectivity index (χ0) is 13.0. The molecule has 3 heteroatoms. The first-order valence-corrected chi connectivity index (χ1v) is 6.53. The minimum atomic E-state index is 0.755. The van der Waals surface area contributed by atoms with Crippen LogP contribution in [0.5, 0.6) is 0 Å². The average Bonchev–Trinajstić information content (AvgIpc) is 2.66. The fourth-order valence-corrected chi connectivity index (χ4v) is 2.34. The van der Waals surface area contributed by atoms with E-state index in [4.69, 9.17) is 5.73 Å². The molecule has 0 amide bonds. The molecule has 0 atom stereocenters. The van der Waals surface area contributed by atoms with Gasteiger partial charge in [-0.3, -0.25) is 4.68 Å². The van der Waals surface area contributed by atoms with Gasteiger partial charge in [-0.05, 0) is 38.8 Å². The Hall–Kier alpha value is -1.61. The summed E-state index contributed by atoms with van der Waals surface area (Å²) in [7, 11) is 0. The fourth-order valence-electron chi connectivity index (χ4n) is 2.34. The van der Waals surface area contributed by atoms with Crippen LogP contribution in [-0.2, 0) is 6.54 Å². The lowest BCUT2D eigenvalue weighted by atomic mass is 10.0. The molecule has 0 bridgehead atoms. The second-order valence-corrected chi connectivity index (χ2v) is 4.63. The largest absolute Gasteiger partial charge is 0.330 e. The summed E-state index contributed by atoms with van der Waals surface area (Å²) in [5.41, 5.74) is 10.4. The third kappa shape index (κ3) is 2.62. The van der Waals surface area contributed by atoms with Crippen LogP contribution < -0.4 is 5.73 Å². The Labute approximate surface area is 109 Å². The van der Waals surface area contributed by atoms with E-state index in [0.29, 0.717) is 0 Å². The maximum absolute atomic E-state index is 5.53. The van der Waals surface area contributed by atoms with Crippen molar-refractivity contribution in [2.75, 3.05) is 6.54 Å². The van der Waals surface area contributed by atoms with E-state index in [1.54, 1.807) is 0 Å². The molecule has 96 valence electrons. The van der Waals surface area contributed by atoms with Gasteiger partial charge < -0.3 is 5.73 Å². The number of benzene rings is 1. The summed E-state index contributed by atoms with van der Waals surface area (Å²) in [5.74, 6) is 0. The van der Waals surface area contributed by atoms with Crippen molar-refractivity contribution < 1.29 is 0 Å². The minimum absolute atomic E-state index is 0.755. The molecule has 1 heterocycles. The number of nitrogens with zero attached hydrogens (tertiary/aromatic N) is 2. The first-order valence-electron chi connectivity index (χ1n) is 6.53. The first-order chi connectivity index (χ1) is 8.74. The molecule has 2 N–H and O–H groups in total. The second kappa shape index (κ2) is 5.83. The van der Waals surface area contributed by atoms with E-state index in [-0.39, 0.29) is 0 Å². The quantitative estimate of drug-likeness (QED) is 0.821. The Balaban J connectivity index is 2.27. The molecule has 1 aromatic heterocycles. The van der Waals surface area contributed by atoms with Crippen molar-refractivity contribution in [1.82, 2.24) is 9.78 Å². The maximum atomic E-state index is 5.53. The standard InChI is InChI=1S/C15H21N3/c1-12-15(14-8-4-3-5-9-14)13(2)18(17-12)11-7-6-10-16/h3-5,8-9H,6-7,10-11,16H2,1-2H3. The van der Waals surface area contributed by atoms with E-state index in [9.17, 15) is 0 Å². The van der Waals surface area contributed by atoms with Gasteiger partial charge in [-0.25, -0.2) is 0 Å². The molecule has 18 heavy (non-hydrogen) atoms. The molecule has 0 fully saturated rings. The van der Waals surface area contributed by atoms with Crippen molar-refractivity contribution in [3.05, 3.63) is 41.7 Å². The lowest BCUT2D eigenvalue weighted by molar-refractivity contribution is 0.547. The highest BCUT2D eigenvalue weighted by Crippen LogP contribution is 2.26. The molecule has 0 saturated carbocycles. The van der Waals surface area contributed by atoms with Crippen molar-refractivity contribution in [3.8, 4) is 11.1 Å². The van der Waals surface area contributed by atoms with Crippen molar-refractivity contribution >= 4 is 0 Å². The van der Waals surface area contributed by atoms with Crippen molar-refractivity contribution in [2.45, 2.75) is 33.2 Å². The van der Waals surface area contributed by atoms with Crippen LogP contribution in [0.25, 0.3) is 11.1 Å². The molecule has 0 saturated heterocycles. The van der Waals surface area contributed by atoms with Crippen LogP contribution in [0.2, 0.25) is 0 Å². The summed E-state index contributed by atoms with van der Waals surface area (Å²) in [6, 6.07) is 10.5. The Kier molecular flexibility index (Phi) is 4.15. The Morgan fingerprint density at radius 1 is 1.11 bits per heavy atom. The molecule has 0 spiro atoms. The second-order valence-electron chi connectivity index (χ2n) is 4.63. The van der Waals surface area contributed by atoms with Crippen LogP contribution in [0.15, 0.2) is 30.3 Å². The number of aryl methyl sites for hydroxylation is 2. The number of aromatic nitrogens is 2. The number of rotatable bonds is 5. The molecule has 0 radical (unpaired) electrons. The summed E-state index contributed by atoms with van der Waals surface area (Å²) in [4.78, 5) is 0. The van der Waals surface area contributed by atoms with E-state index in [0.717, 1.165) is 31.6 Å². The van der Waals surface area contributed by atoms with Gasteiger partial charge in [-0.2, -0.15) is 5.10 Å². The van der Waals surface area contributed by atoms with E-state index in [1.165, 1.54) is 16.8 Å². The van der Waals surface area contributed by atoms with Crippen LogP contribution in [0.3, 0.4) is 0 Å². The lowest BCUT2D eigenvalue weighted by Crippen LogP contribution is -2.06. The van der Waals surface area contributed by atoms with Crippen LogP contribution >= 0.6 is 0 Å². The topological polar surface area (TPSA) is 43.8 Å². The summed E-state index contributed by atoms with van der Waals surface area (Å²) >= 11 is 0. The van der Waals surface area contributed by atoms with E-state index in [2.05, 4.69) is 47.9 Å². The molecule has 0 aliphatic heterocycles. The van der Waals surface area contributed by atoms with Crippen molar-refractivity contribution in [1.29, 1.82) is 0 Å². The summed E-state index contributed by atoms with van der Waals surface area (Å²) in [6.45, 7) is 5.93. The van der Waals surface area contributed by atoms with Crippen molar-refractivity contribution in [3.63, 3.8) is 0 Å². The summed E-state index contributed by atoms with van der Waals surface area (Å²) < 4.78 is 2.10. The Morgan fingerprint density at radius 2 is 1.83 bits per heavy atom. The minimum Gasteiger partial charge on any atom is -0.330 e. The molecule has 1 aromatic carbocycles. The summed E-state index contributed by atoms with van der Waals surface area (Å²) in [5, 5.41) is 4.63. The highest BCUT2D eigenvalue weighted by Gasteiger charge is 2.12. The first kappa shape index (κ1) is 12.8. The van der Waals surface area contributed by atoms with Gasteiger partial charge >= 0.3 is 0 Å². The van der Waals surface area contributed by atoms with Crippen LogP contribution in [0.1, 0.15) is 24.2 Å². The molecule has 3 nitrogen and oxygen atoms in total. The third-order valence-electron chi connectivity index (χ3n) is 3.27. The maximum Gasteiger partial charge on any atom is 0.0674 e. The zero-order valence-electron chi connectivity index (χ0n) is 11.2. The molecule has 2 rings (SSSR count). The SMILES string of the molecule is Cc1nn(CCCCN)c(C)c1-c1ccccc1. The van der Waals surface area contributed by atoms with Crippen LogP contribution in [0, 0.1) is 13.8 Å². The monoisotopic (exact) mass is 243 g/mol. The molecule has 0 unspecified atom stereocenters. The predicted molar refractivity (Wildman–Crippen MR) is 75.4 cm³/mol. The smallest absolute Gasteiger partial charge is 0.0674 e. The van der Waals surface area contributed by atoms with E-state index in [1.807, 2.05) is 6.07 Å². The molecule has 0 aliphatic rings. The van der Waals surface area contributed by atoms with Gasteiger partial charge in [0.05, 0.1) is 5.69 Å². The van der Waals surface area contributed by atoms with Gasteiger partial charge in [0.25, 0.3) is 0 Å². The predicted octanol–water partition coefficient (Wildman–Crippen LogP) is 2.91. The number of hydrogen-bond acceptors (Lipinski definition) is 2. The van der Waals surface area contributed by atoms with Gasteiger partial charge in [-0.1, -0.05) is 30.3 Å². The van der Waals surface area contributed by atoms with Crippen molar-refractivity contribution in [2.24, 2.45) is 5.73 Å². The summed E-state index contributed by atoms with van der Waals surface area (Å²) in [6.07, 6.45) is 2.14. The van der Waals surface area contributed by atoms with Gasteiger partial charge in [-0.15, -0.1) is 0 Å². The molecule has 0 aliphatic carbocycles. The number of hydrogen-bond donors (Lipinski definition) is 1. The highest BCUT2D eigenvalue weighted by molar-refractivity contribution is 5.68. The average molecular weight is 243 g/mol. The van der Waals surface area contributed by atoms with Gasteiger partial charge in [0, 0.05) is 17.8 Å². The lowest BCUT2D eigenvalue weighted by Gasteiger charge is -2.05. The fraction of sp³-hybridized carbons (Fsp3) is 0.400. The van der Waals surface area contributed by atoms with E-state index >= 15 is 0 Å². The van der Waals surface area contributed by atoms with E-state index < -0.39 is 0 Å². The Bertz CT molecular complexity index is 500. The molecular formula is C15H21N3. The Morgan fingerprint density at radius 3 is 2.50 bits per heavy atom. The molecular weight excluding hydrogens is 222 g/mol. The van der Waals surface area contributed by atoms with Gasteiger partial charge in [0.2, 0.25) is 0 Å². The number of nitrogens with two attached hydrogens (primary N) is 1. The third-order valence-corrected chi connectivity index (χ3v) is 3.27. The van der Waals surface area contributed by atoms with Gasteiger partial charge in [0.1, 0.15) is 0 Å².